The zero-order valence-corrected chi connectivity index (χ0v) is 15.6. The van der Waals surface area contributed by atoms with Crippen molar-refractivity contribution in [1.82, 2.24) is 9.80 Å². The molecule has 4 amide bonds. The van der Waals surface area contributed by atoms with Gasteiger partial charge >= 0.3 is 0 Å². The van der Waals surface area contributed by atoms with Crippen LogP contribution in [0.25, 0.3) is 0 Å². The summed E-state index contributed by atoms with van der Waals surface area (Å²) in [6.07, 6.45) is 1.51. The first kappa shape index (κ1) is 18.7. The fourth-order valence-corrected chi connectivity index (χ4v) is 3.66. The van der Waals surface area contributed by atoms with E-state index in [4.69, 9.17) is 0 Å². The lowest BCUT2D eigenvalue weighted by molar-refractivity contribution is 0.0581. The van der Waals surface area contributed by atoms with Crippen molar-refractivity contribution < 1.29 is 23.6 Å². The molecule has 7 heteroatoms. The number of nitrogens with zero attached hydrogens (tertiary/aromatic N) is 2. The normalized spacial score (nSPS) is 17.1. The molecule has 146 valence electrons. The molecule has 0 bridgehead atoms. The van der Waals surface area contributed by atoms with Gasteiger partial charge in [-0.1, -0.05) is 35.9 Å². The lowest BCUT2D eigenvalue weighted by Crippen LogP contribution is -2.42. The molecule has 2 aromatic rings. The van der Waals surface area contributed by atoms with Crippen molar-refractivity contribution in [3.63, 3.8) is 0 Å². The highest BCUT2D eigenvalue weighted by Gasteiger charge is 2.40. The predicted octanol–water partition coefficient (Wildman–Crippen LogP) is 2.86. The van der Waals surface area contributed by atoms with Crippen LogP contribution in [0.15, 0.2) is 60.2 Å². The summed E-state index contributed by atoms with van der Waals surface area (Å²) in [6.45, 7) is 0.541. The number of amides is 4. The van der Waals surface area contributed by atoms with E-state index in [9.17, 15) is 23.6 Å². The first-order valence-electron chi connectivity index (χ1n) is 9.10. The molecule has 0 saturated carbocycles. The maximum Gasteiger partial charge on any atom is 0.262 e. The number of fused-ring (bicyclic) bond motifs is 2. The third-order valence-corrected chi connectivity index (χ3v) is 5.28. The number of carbonyl (C=O) groups is 4. The molecule has 0 radical (unpaired) electrons. The van der Waals surface area contributed by atoms with Crippen LogP contribution in [0.3, 0.4) is 0 Å². The summed E-state index contributed by atoms with van der Waals surface area (Å²) >= 11 is 0. The quantitative estimate of drug-likeness (QED) is 0.579. The van der Waals surface area contributed by atoms with Crippen molar-refractivity contribution in [3.05, 3.63) is 82.4 Å². The third-order valence-electron chi connectivity index (χ3n) is 5.28. The van der Waals surface area contributed by atoms with E-state index < -0.39 is 36.3 Å². The summed E-state index contributed by atoms with van der Waals surface area (Å²) < 4.78 is 13.9. The van der Waals surface area contributed by atoms with Gasteiger partial charge in [0.2, 0.25) is 0 Å². The number of hydrogen-bond donors (Lipinski definition) is 0. The number of imide groups is 2. The third kappa shape index (κ3) is 2.86. The van der Waals surface area contributed by atoms with E-state index >= 15 is 0 Å². The Hall–Kier alpha value is -3.61. The highest BCUT2D eigenvalue weighted by Crippen LogP contribution is 2.28. The topological polar surface area (TPSA) is 74.8 Å². The number of hydrogen-bond acceptors (Lipinski definition) is 4. The van der Waals surface area contributed by atoms with Crippen LogP contribution in [-0.2, 0) is 0 Å². The van der Waals surface area contributed by atoms with Gasteiger partial charge in [0.15, 0.2) is 0 Å². The van der Waals surface area contributed by atoms with Gasteiger partial charge in [0.25, 0.3) is 23.6 Å². The van der Waals surface area contributed by atoms with Crippen LogP contribution in [0, 0.1) is 0 Å². The molecule has 0 aromatic heterocycles. The molecule has 0 N–H and O–H groups in total. The smallest absolute Gasteiger partial charge is 0.262 e. The minimum Gasteiger partial charge on any atom is -0.270 e. The van der Waals surface area contributed by atoms with Crippen molar-refractivity contribution in [2.45, 2.75) is 13.0 Å². The SMILES string of the molecule is C/C(=C\CN1C(=O)c2ccccc2C1=O)C(CF)N1C(=O)c2ccccc2C1=O. The Kier molecular flexibility index (Phi) is 4.58. The molecule has 2 aliphatic heterocycles. The van der Waals surface area contributed by atoms with Crippen molar-refractivity contribution in [1.29, 1.82) is 0 Å². The zero-order chi connectivity index (χ0) is 20.7. The van der Waals surface area contributed by atoms with Gasteiger partial charge in [0.1, 0.15) is 6.67 Å². The number of carbonyl (C=O) groups excluding carboxylic acids is 4. The van der Waals surface area contributed by atoms with Crippen molar-refractivity contribution >= 4 is 23.6 Å². The van der Waals surface area contributed by atoms with Gasteiger partial charge in [-0.15, -0.1) is 0 Å². The second-order valence-electron chi connectivity index (χ2n) is 6.91. The minimum absolute atomic E-state index is 0.0716. The molecule has 2 aromatic carbocycles. The first-order chi connectivity index (χ1) is 14.0. The van der Waals surface area contributed by atoms with Crippen LogP contribution in [0.2, 0.25) is 0 Å². The molecule has 1 unspecified atom stereocenters. The molecule has 2 aliphatic rings. The van der Waals surface area contributed by atoms with E-state index in [1.165, 1.54) is 18.2 Å². The molecule has 0 aliphatic carbocycles. The number of halogens is 1. The minimum atomic E-state index is -1.10. The highest BCUT2D eigenvalue weighted by atomic mass is 19.1. The second-order valence-corrected chi connectivity index (χ2v) is 6.91. The van der Waals surface area contributed by atoms with E-state index in [0.717, 1.165) is 9.80 Å². The van der Waals surface area contributed by atoms with E-state index in [1.54, 1.807) is 43.3 Å². The first-order valence-corrected chi connectivity index (χ1v) is 9.10. The van der Waals surface area contributed by atoms with Gasteiger partial charge in [-0.25, -0.2) is 4.39 Å². The number of rotatable bonds is 5. The summed E-state index contributed by atoms with van der Waals surface area (Å²) in [6, 6.07) is 11.8. The second kappa shape index (κ2) is 7.09. The lowest BCUT2D eigenvalue weighted by Gasteiger charge is -2.25. The van der Waals surface area contributed by atoms with E-state index in [0.29, 0.717) is 16.7 Å². The Morgan fingerprint density at radius 3 is 1.66 bits per heavy atom. The van der Waals surface area contributed by atoms with Gasteiger partial charge in [-0.3, -0.25) is 29.0 Å². The average molecular weight is 392 g/mol. The standard InChI is InChI=1S/C22H17FN2O4/c1-13(10-11-24-19(26)14-6-2-3-7-15(14)20(24)27)18(12-23)25-21(28)16-8-4-5-9-17(16)22(25)29/h2-10,18H,11-12H2,1H3/b13-10+. The molecule has 1 atom stereocenters. The number of benzene rings is 2. The molecular formula is C22H17FN2O4. The Morgan fingerprint density at radius 1 is 0.828 bits per heavy atom. The summed E-state index contributed by atoms with van der Waals surface area (Å²) in [5.41, 5.74) is 1.52. The summed E-state index contributed by atoms with van der Waals surface area (Å²) in [5.74, 6) is -1.96. The van der Waals surface area contributed by atoms with Gasteiger partial charge in [-0.05, 0) is 31.2 Å². The van der Waals surface area contributed by atoms with Crippen molar-refractivity contribution in [2.75, 3.05) is 13.2 Å². The molecule has 2 heterocycles. The summed E-state index contributed by atoms with van der Waals surface area (Å²) in [7, 11) is 0. The maximum atomic E-state index is 13.9. The maximum absolute atomic E-state index is 13.9. The lowest BCUT2D eigenvalue weighted by atomic mass is 10.1. The van der Waals surface area contributed by atoms with E-state index in [-0.39, 0.29) is 17.7 Å². The molecule has 0 saturated heterocycles. The summed E-state index contributed by atoms with van der Waals surface area (Å²) in [4.78, 5) is 52.1. The van der Waals surface area contributed by atoms with Crippen LogP contribution in [0.4, 0.5) is 4.39 Å². The molecule has 4 rings (SSSR count). The van der Waals surface area contributed by atoms with E-state index in [1.807, 2.05) is 0 Å². The van der Waals surface area contributed by atoms with Crippen molar-refractivity contribution in [2.24, 2.45) is 0 Å². The monoisotopic (exact) mass is 392 g/mol. The number of alkyl halides is 1. The Labute approximate surface area is 166 Å². The van der Waals surface area contributed by atoms with Gasteiger partial charge in [0, 0.05) is 6.54 Å². The zero-order valence-electron chi connectivity index (χ0n) is 15.6. The van der Waals surface area contributed by atoms with Gasteiger partial charge in [-0.2, -0.15) is 0 Å². The Balaban J connectivity index is 1.56. The van der Waals surface area contributed by atoms with Crippen LogP contribution < -0.4 is 0 Å². The van der Waals surface area contributed by atoms with Crippen LogP contribution in [0.5, 0.6) is 0 Å². The Morgan fingerprint density at radius 2 is 1.24 bits per heavy atom. The Bertz CT molecular complexity index is 1020. The van der Waals surface area contributed by atoms with Crippen molar-refractivity contribution in [3.8, 4) is 0 Å². The average Bonchev–Trinajstić information content (AvgIpc) is 3.13. The van der Waals surface area contributed by atoms with Crippen LogP contribution in [0.1, 0.15) is 48.4 Å². The van der Waals surface area contributed by atoms with Crippen LogP contribution >= 0.6 is 0 Å². The fourth-order valence-electron chi connectivity index (χ4n) is 3.66. The predicted molar refractivity (Wildman–Crippen MR) is 102 cm³/mol. The summed E-state index contributed by atoms with van der Waals surface area (Å²) in [5, 5.41) is 0. The molecule has 29 heavy (non-hydrogen) atoms. The molecule has 0 spiro atoms. The largest absolute Gasteiger partial charge is 0.270 e. The van der Waals surface area contributed by atoms with Gasteiger partial charge < -0.3 is 0 Å². The van der Waals surface area contributed by atoms with Crippen LogP contribution in [-0.4, -0.2) is 52.7 Å². The highest BCUT2D eigenvalue weighted by molar-refractivity contribution is 6.22. The fraction of sp³-hybridized carbons (Fsp3) is 0.182. The van der Waals surface area contributed by atoms with Gasteiger partial charge in [0.05, 0.1) is 28.3 Å². The molecule has 0 fully saturated rings. The van der Waals surface area contributed by atoms with E-state index in [2.05, 4.69) is 0 Å². The molecular weight excluding hydrogens is 375 g/mol. The molecule has 6 nitrogen and oxygen atoms in total.